The molecule has 1 saturated heterocycles. The lowest BCUT2D eigenvalue weighted by Crippen LogP contribution is -2.57. The fourth-order valence-corrected chi connectivity index (χ4v) is 2.59. The first-order chi connectivity index (χ1) is 10.1. The number of unbranched alkanes of at least 4 members (excludes halogenated alkanes) is 7. The van der Waals surface area contributed by atoms with Gasteiger partial charge in [-0.3, -0.25) is 0 Å². The molecule has 1 rings (SSSR count). The number of ether oxygens (including phenoxy) is 2. The van der Waals surface area contributed by atoms with Gasteiger partial charge in [0.1, 0.15) is 18.3 Å². The van der Waals surface area contributed by atoms with Gasteiger partial charge in [-0.25, -0.2) is 0 Å². The highest BCUT2D eigenvalue weighted by molar-refractivity contribution is 4.87. The molecule has 5 nitrogen and oxygen atoms in total. The Morgan fingerprint density at radius 3 is 2.00 bits per heavy atom. The van der Waals surface area contributed by atoms with Crippen LogP contribution in [0.3, 0.4) is 0 Å². The summed E-state index contributed by atoms with van der Waals surface area (Å²) in [6, 6.07) is 0. The zero-order chi connectivity index (χ0) is 15.7. The highest BCUT2D eigenvalue weighted by Crippen LogP contribution is 2.22. The van der Waals surface area contributed by atoms with Crippen LogP contribution in [0.15, 0.2) is 0 Å². The minimum absolute atomic E-state index is 0.506. The molecule has 0 radical (unpaired) electrons. The molecule has 0 aromatic heterocycles. The Kier molecular flexibility index (Phi) is 9.44. The summed E-state index contributed by atoms with van der Waals surface area (Å²) in [6.45, 7) is 4.38. The number of aliphatic hydroxyl groups is 3. The Balaban J connectivity index is 2.04. The van der Waals surface area contributed by atoms with Crippen molar-refractivity contribution in [1.29, 1.82) is 0 Å². The second-order valence-corrected chi connectivity index (χ2v) is 6.03. The molecule has 0 aliphatic carbocycles. The Hall–Kier alpha value is -0.200. The van der Waals surface area contributed by atoms with Crippen LogP contribution in [0.5, 0.6) is 0 Å². The van der Waals surface area contributed by atoms with E-state index in [1.165, 1.54) is 38.5 Å². The maximum Gasteiger partial charge on any atom is 0.186 e. The molecule has 0 aromatic carbocycles. The van der Waals surface area contributed by atoms with E-state index in [0.717, 1.165) is 12.8 Å². The summed E-state index contributed by atoms with van der Waals surface area (Å²) in [6.07, 6.45) is 4.89. The summed E-state index contributed by atoms with van der Waals surface area (Å²) in [4.78, 5) is 0. The molecule has 1 heterocycles. The van der Waals surface area contributed by atoms with E-state index in [4.69, 9.17) is 9.47 Å². The van der Waals surface area contributed by atoms with Crippen LogP contribution in [0.25, 0.3) is 0 Å². The Bertz CT molecular complexity index is 261. The number of rotatable bonds is 10. The number of hydrogen-bond donors (Lipinski definition) is 3. The molecule has 3 N–H and O–H groups in total. The van der Waals surface area contributed by atoms with Crippen LogP contribution >= 0.6 is 0 Å². The van der Waals surface area contributed by atoms with Gasteiger partial charge in [0.15, 0.2) is 6.29 Å². The van der Waals surface area contributed by atoms with Crippen molar-refractivity contribution >= 4 is 0 Å². The minimum Gasteiger partial charge on any atom is -0.388 e. The van der Waals surface area contributed by atoms with Crippen LogP contribution in [-0.2, 0) is 9.47 Å². The molecule has 0 spiro atoms. The van der Waals surface area contributed by atoms with Gasteiger partial charge in [0.2, 0.25) is 0 Å². The molecule has 5 heteroatoms. The second-order valence-electron chi connectivity index (χ2n) is 6.03. The van der Waals surface area contributed by atoms with E-state index in [2.05, 4.69) is 6.92 Å². The average molecular weight is 304 g/mol. The number of aliphatic hydroxyl groups excluding tert-OH is 3. The van der Waals surface area contributed by atoms with Crippen LogP contribution < -0.4 is 0 Å². The standard InChI is InChI=1S/C16H32O5/c1-3-4-5-6-7-8-9-10-11-20-16-15(19)14(18)13(17)12(2)21-16/h12-19H,3-11H2,1-2H3/t12-,13-,14+,15+,16+/m0/s1. The molecule has 5 atom stereocenters. The third-order valence-corrected chi connectivity index (χ3v) is 4.09. The number of hydrogen-bond acceptors (Lipinski definition) is 5. The molecule has 126 valence electrons. The van der Waals surface area contributed by atoms with E-state index in [9.17, 15) is 15.3 Å². The van der Waals surface area contributed by atoms with Crippen molar-refractivity contribution in [3.63, 3.8) is 0 Å². The normalized spacial score (nSPS) is 33.3. The minimum atomic E-state index is -1.21. The molecule has 21 heavy (non-hydrogen) atoms. The van der Waals surface area contributed by atoms with Gasteiger partial charge < -0.3 is 24.8 Å². The second kappa shape index (κ2) is 10.5. The van der Waals surface area contributed by atoms with Gasteiger partial charge in [-0.15, -0.1) is 0 Å². The molecule has 0 bridgehead atoms. The van der Waals surface area contributed by atoms with Gasteiger partial charge in [0.05, 0.1) is 6.10 Å². The van der Waals surface area contributed by atoms with Crippen molar-refractivity contribution in [1.82, 2.24) is 0 Å². The Morgan fingerprint density at radius 2 is 1.38 bits per heavy atom. The largest absolute Gasteiger partial charge is 0.388 e. The fraction of sp³-hybridized carbons (Fsp3) is 1.00. The van der Waals surface area contributed by atoms with E-state index in [-0.39, 0.29) is 0 Å². The zero-order valence-corrected chi connectivity index (χ0v) is 13.4. The van der Waals surface area contributed by atoms with E-state index in [1.807, 2.05) is 0 Å². The van der Waals surface area contributed by atoms with E-state index in [0.29, 0.717) is 6.61 Å². The summed E-state index contributed by atoms with van der Waals surface area (Å²) < 4.78 is 10.9. The van der Waals surface area contributed by atoms with Crippen LogP contribution in [0.2, 0.25) is 0 Å². The van der Waals surface area contributed by atoms with E-state index >= 15 is 0 Å². The predicted molar refractivity (Wildman–Crippen MR) is 80.9 cm³/mol. The van der Waals surface area contributed by atoms with Crippen molar-refractivity contribution in [2.75, 3.05) is 6.61 Å². The zero-order valence-electron chi connectivity index (χ0n) is 13.4. The first-order valence-corrected chi connectivity index (χ1v) is 8.39. The summed E-state index contributed by atoms with van der Waals surface area (Å²) in [7, 11) is 0. The van der Waals surface area contributed by atoms with Gasteiger partial charge in [0, 0.05) is 6.61 Å². The first kappa shape index (κ1) is 18.8. The first-order valence-electron chi connectivity index (χ1n) is 8.39. The summed E-state index contributed by atoms with van der Waals surface area (Å²) in [5.74, 6) is 0. The third kappa shape index (κ3) is 6.61. The van der Waals surface area contributed by atoms with Gasteiger partial charge >= 0.3 is 0 Å². The highest BCUT2D eigenvalue weighted by Gasteiger charge is 2.42. The summed E-state index contributed by atoms with van der Waals surface area (Å²) >= 11 is 0. The van der Waals surface area contributed by atoms with Gasteiger partial charge in [0.25, 0.3) is 0 Å². The van der Waals surface area contributed by atoms with Crippen molar-refractivity contribution in [3.8, 4) is 0 Å². The van der Waals surface area contributed by atoms with Crippen molar-refractivity contribution in [2.45, 2.75) is 95.9 Å². The lowest BCUT2D eigenvalue weighted by molar-refractivity contribution is -0.293. The quantitative estimate of drug-likeness (QED) is 0.538. The maximum atomic E-state index is 9.79. The predicted octanol–water partition coefficient (Wildman–Crippen LogP) is 1.97. The Labute approximate surface area is 128 Å². The lowest BCUT2D eigenvalue weighted by Gasteiger charge is -2.38. The van der Waals surface area contributed by atoms with Crippen LogP contribution in [0.4, 0.5) is 0 Å². The third-order valence-electron chi connectivity index (χ3n) is 4.09. The lowest BCUT2D eigenvalue weighted by atomic mass is 10.00. The Morgan fingerprint density at radius 1 is 0.810 bits per heavy atom. The molecule has 1 aliphatic heterocycles. The van der Waals surface area contributed by atoms with Gasteiger partial charge in [-0.2, -0.15) is 0 Å². The molecule has 0 saturated carbocycles. The van der Waals surface area contributed by atoms with Crippen molar-refractivity contribution < 1.29 is 24.8 Å². The van der Waals surface area contributed by atoms with Crippen LogP contribution in [-0.4, -0.2) is 52.6 Å². The van der Waals surface area contributed by atoms with E-state index < -0.39 is 30.7 Å². The topological polar surface area (TPSA) is 79.2 Å². The van der Waals surface area contributed by atoms with Gasteiger partial charge in [-0.05, 0) is 13.3 Å². The molecule has 1 fully saturated rings. The maximum absolute atomic E-state index is 9.79. The van der Waals surface area contributed by atoms with Crippen LogP contribution in [0, 0.1) is 0 Å². The monoisotopic (exact) mass is 304 g/mol. The molecule has 0 amide bonds. The molecular weight excluding hydrogens is 272 g/mol. The van der Waals surface area contributed by atoms with Crippen molar-refractivity contribution in [3.05, 3.63) is 0 Å². The molecule has 0 aromatic rings. The molecular formula is C16H32O5. The smallest absolute Gasteiger partial charge is 0.186 e. The fourth-order valence-electron chi connectivity index (χ4n) is 2.59. The molecule has 1 aliphatic rings. The molecule has 0 unspecified atom stereocenters. The SMILES string of the molecule is CCCCCCCCCCO[C@@H]1O[C@@H](C)[C@H](O)[C@@H](O)[C@H]1O. The van der Waals surface area contributed by atoms with E-state index in [1.54, 1.807) is 6.92 Å². The van der Waals surface area contributed by atoms with Crippen molar-refractivity contribution in [2.24, 2.45) is 0 Å². The van der Waals surface area contributed by atoms with Gasteiger partial charge in [-0.1, -0.05) is 51.9 Å². The summed E-state index contributed by atoms with van der Waals surface area (Å²) in [5, 5.41) is 29.0. The highest BCUT2D eigenvalue weighted by atomic mass is 16.7. The average Bonchev–Trinajstić information content (AvgIpc) is 2.48. The van der Waals surface area contributed by atoms with Crippen LogP contribution in [0.1, 0.15) is 65.2 Å². The summed E-state index contributed by atoms with van der Waals surface area (Å²) in [5.41, 5.74) is 0.